The van der Waals surface area contributed by atoms with Gasteiger partial charge in [-0.25, -0.2) is 0 Å². The molecule has 0 radical (unpaired) electrons. The third-order valence-electron chi connectivity index (χ3n) is 6.78. The maximum atomic E-state index is 13.3. The Morgan fingerprint density at radius 2 is 1.83 bits per heavy atom. The predicted molar refractivity (Wildman–Crippen MR) is 132 cm³/mol. The van der Waals surface area contributed by atoms with Gasteiger partial charge in [-0.1, -0.05) is 19.9 Å². The van der Waals surface area contributed by atoms with E-state index in [1.54, 1.807) is 42.3 Å². The highest BCUT2D eigenvalue weighted by molar-refractivity contribution is 6.46. The first-order valence-corrected chi connectivity index (χ1v) is 11.9. The van der Waals surface area contributed by atoms with E-state index in [4.69, 9.17) is 14.2 Å². The second-order valence-corrected chi connectivity index (χ2v) is 8.55. The number of nitrogens with zero attached hydrogens (tertiary/aromatic N) is 2. The molecule has 0 aromatic heterocycles. The summed E-state index contributed by atoms with van der Waals surface area (Å²) in [7, 11) is 3.08. The number of ketones is 1. The van der Waals surface area contributed by atoms with Gasteiger partial charge in [-0.3, -0.25) is 9.59 Å². The topological polar surface area (TPSA) is 88.5 Å². The fraction of sp³-hybridized carbons (Fsp3) is 0.407. The van der Waals surface area contributed by atoms with Gasteiger partial charge in [-0.05, 0) is 54.5 Å². The number of hydrogen-bond acceptors (Lipinski definition) is 7. The molecule has 8 heteroatoms. The number of benzene rings is 2. The van der Waals surface area contributed by atoms with Crippen LogP contribution < -0.4 is 14.2 Å². The minimum Gasteiger partial charge on any atom is -0.507 e. The molecule has 186 valence electrons. The molecule has 1 saturated heterocycles. The average Bonchev–Trinajstić information content (AvgIpc) is 3.46. The van der Waals surface area contributed by atoms with Gasteiger partial charge in [0.05, 0.1) is 32.4 Å². The fourth-order valence-corrected chi connectivity index (χ4v) is 4.76. The molecule has 0 aliphatic carbocycles. The second kappa shape index (κ2) is 10.4. The molecule has 0 bridgehead atoms. The molecule has 2 aromatic rings. The van der Waals surface area contributed by atoms with Crippen LogP contribution in [0.5, 0.6) is 17.2 Å². The van der Waals surface area contributed by atoms with E-state index < -0.39 is 17.7 Å². The van der Waals surface area contributed by atoms with Crippen molar-refractivity contribution in [3.05, 3.63) is 58.7 Å². The number of amides is 1. The van der Waals surface area contributed by atoms with E-state index in [0.29, 0.717) is 42.3 Å². The number of ether oxygens (including phenoxy) is 3. The van der Waals surface area contributed by atoms with Crippen LogP contribution in [0.1, 0.15) is 36.6 Å². The molecule has 2 aromatic carbocycles. The number of likely N-dealkylation sites (N-methyl/N-ethyl adjacent to an activating group) is 1. The summed E-state index contributed by atoms with van der Waals surface area (Å²) >= 11 is 0. The molecule has 1 fully saturated rings. The second-order valence-electron chi connectivity index (χ2n) is 8.55. The minimum atomic E-state index is -0.755. The summed E-state index contributed by atoms with van der Waals surface area (Å²) in [5, 5.41) is 11.4. The van der Waals surface area contributed by atoms with E-state index in [1.807, 2.05) is 6.07 Å². The zero-order valence-electron chi connectivity index (χ0n) is 20.7. The van der Waals surface area contributed by atoms with E-state index in [9.17, 15) is 14.7 Å². The van der Waals surface area contributed by atoms with Crippen LogP contribution in [0.3, 0.4) is 0 Å². The Bertz CT molecular complexity index is 1150. The van der Waals surface area contributed by atoms with Crippen LogP contribution in [0.15, 0.2) is 42.0 Å². The lowest BCUT2D eigenvalue weighted by molar-refractivity contribution is -0.140. The summed E-state index contributed by atoms with van der Waals surface area (Å²) in [5.41, 5.74) is 2.18. The molecular weight excluding hydrogens is 448 g/mol. The monoisotopic (exact) mass is 480 g/mol. The van der Waals surface area contributed by atoms with E-state index in [0.717, 1.165) is 30.8 Å². The molecule has 35 heavy (non-hydrogen) atoms. The fourth-order valence-electron chi connectivity index (χ4n) is 4.76. The molecule has 0 saturated carbocycles. The Kier molecular flexibility index (Phi) is 7.31. The lowest BCUT2D eigenvalue weighted by atomic mass is 9.94. The number of likely N-dealkylation sites (tertiary alicyclic amines) is 1. The van der Waals surface area contributed by atoms with Gasteiger partial charge in [0.15, 0.2) is 11.5 Å². The number of methoxy groups -OCH3 is 2. The zero-order valence-corrected chi connectivity index (χ0v) is 20.7. The van der Waals surface area contributed by atoms with Crippen molar-refractivity contribution in [1.29, 1.82) is 0 Å². The molecule has 0 spiro atoms. The third kappa shape index (κ3) is 4.58. The number of carbonyl (C=O) groups is 2. The van der Waals surface area contributed by atoms with Gasteiger partial charge < -0.3 is 29.1 Å². The summed E-state index contributed by atoms with van der Waals surface area (Å²) < 4.78 is 16.4. The van der Waals surface area contributed by atoms with Crippen LogP contribution in [0.4, 0.5) is 0 Å². The lowest BCUT2D eigenvalue weighted by Crippen LogP contribution is -2.38. The number of aliphatic hydroxyl groups is 1. The lowest BCUT2D eigenvalue weighted by Gasteiger charge is -2.28. The normalized spacial score (nSPS) is 18.7. The molecule has 4 rings (SSSR count). The molecule has 2 heterocycles. The largest absolute Gasteiger partial charge is 0.507 e. The van der Waals surface area contributed by atoms with Crippen molar-refractivity contribution in [2.24, 2.45) is 0 Å². The van der Waals surface area contributed by atoms with Gasteiger partial charge in [-0.2, -0.15) is 0 Å². The maximum Gasteiger partial charge on any atom is 0.295 e. The maximum absolute atomic E-state index is 13.3. The Balaban J connectivity index is 1.82. The smallest absolute Gasteiger partial charge is 0.295 e. The van der Waals surface area contributed by atoms with Gasteiger partial charge in [0, 0.05) is 25.1 Å². The van der Waals surface area contributed by atoms with Crippen molar-refractivity contribution in [2.45, 2.75) is 26.3 Å². The molecule has 2 aliphatic heterocycles. The van der Waals surface area contributed by atoms with E-state index in [1.165, 1.54) is 7.11 Å². The van der Waals surface area contributed by atoms with E-state index >= 15 is 0 Å². The molecule has 1 N–H and O–H groups in total. The van der Waals surface area contributed by atoms with Gasteiger partial charge in [0.25, 0.3) is 11.7 Å². The number of aliphatic hydroxyl groups excluding tert-OH is 1. The van der Waals surface area contributed by atoms with Crippen LogP contribution in [-0.4, -0.2) is 73.6 Å². The van der Waals surface area contributed by atoms with E-state index in [2.05, 4.69) is 18.7 Å². The van der Waals surface area contributed by atoms with Crippen molar-refractivity contribution in [3.63, 3.8) is 0 Å². The first-order chi connectivity index (χ1) is 16.9. The van der Waals surface area contributed by atoms with Crippen molar-refractivity contribution in [2.75, 3.05) is 47.0 Å². The van der Waals surface area contributed by atoms with Crippen LogP contribution in [-0.2, 0) is 16.0 Å². The van der Waals surface area contributed by atoms with Crippen molar-refractivity contribution >= 4 is 17.4 Å². The van der Waals surface area contributed by atoms with Crippen LogP contribution in [0, 0.1) is 0 Å². The van der Waals surface area contributed by atoms with Crippen molar-refractivity contribution in [1.82, 2.24) is 9.80 Å². The number of Topliss-reactive ketones (excluding diaryl/α,β-unsaturated/α-hetero) is 1. The van der Waals surface area contributed by atoms with E-state index in [-0.39, 0.29) is 11.3 Å². The van der Waals surface area contributed by atoms with Gasteiger partial charge >= 0.3 is 0 Å². The molecule has 1 atom stereocenters. The SMILES string of the molecule is CCN(CC)CCN1C(=O)C(=O)/C(=C(/O)c2ccc3c(c2)CCO3)C1c1ccc(OC)c(OC)c1. The Labute approximate surface area is 205 Å². The molecule has 1 amide bonds. The Morgan fingerprint density at radius 1 is 1.09 bits per heavy atom. The number of carbonyl (C=O) groups excluding carboxylic acids is 2. The average molecular weight is 481 g/mol. The Hall–Kier alpha value is -3.52. The number of rotatable bonds is 9. The summed E-state index contributed by atoms with van der Waals surface area (Å²) in [6, 6.07) is 9.87. The highest BCUT2D eigenvalue weighted by Crippen LogP contribution is 2.42. The molecular formula is C27H32N2O6. The highest BCUT2D eigenvalue weighted by atomic mass is 16.5. The Morgan fingerprint density at radius 3 is 2.51 bits per heavy atom. The van der Waals surface area contributed by atoms with Crippen LogP contribution in [0.2, 0.25) is 0 Å². The number of hydrogen-bond donors (Lipinski definition) is 1. The van der Waals surface area contributed by atoms with Gasteiger partial charge in [-0.15, -0.1) is 0 Å². The van der Waals surface area contributed by atoms with Crippen LogP contribution in [0.25, 0.3) is 5.76 Å². The third-order valence-corrected chi connectivity index (χ3v) is 6.78. The van der Waals surface area contributed by atoms with Gasteiger partial charge in [0.2, 0.25) is 0 Å². The zero-order chi connectivity index (χ0) is 25.1. The summed E-state index contributed by atoms with van der Waals surface area (Å²) in [6.45, 7) is 7.32. The van der Waals surface area contributed by atoms with Crippen molar-refractivity contribution < 1.29 is 28.9 Å². The molecule has 2 aliphatic rings. The summed E-state index contributed by atoms with van der Waals surface area (Å²) in [6.07, 6.45) is 0.730. The summed E-state index contributed by atoms with van der Waals surface area (Å²) in [5.74, 6) is 0.284. The first kappa shape index (κ1) is 24.6. The standard InChI is InChI=1S/C27H32N2O6/c1-5-28(6-2)12-13-29-24(18-7-10-21(33-3)22(16-18)34-4)23(26(31)27(29)32)25(30)19-8-9-20-17(15-19)11-14-35-20/h7-10,15-16,24,30H,5-6,11-14H2,1-4H3/b25-23+. The molecule has 8 nitrogen and oxygen atoms in total. The number of fused-ring (bicyclic) bond motifs is 1. The quantitative estimate of drug-likeness (QED) is 0.334. The molecule has 1 unspecified atom stereocenters. The van der Waals surface area contributed by atoms with Crippen molar-refractivity contribution in [3.8, 4) is 17.2 Å². The highest BCUT2D eigenvalue weighted by Gasteiger charge is 2.46. The predicted octanol–water partition coefficient (Wildman–Crippen LogP) is 3.40. The minimum absolute atomic E-state index is 0.0700. The first-order valence-electron chi connectivity index (χ1n) is 11.9. The van der Waals surface area contributed by atoms with Gasteiger partial charge in [0.1, 0.15) is 11.5 Å². The summed E-state index contributed by atoms with van der Waals surface area (Å²) in [4.78, 5) is 30.3. The van der Waals surface area contributed by atoms with Crippen LogP contribution >= 0.6 is 0 Å².